The molecule has 0 aliphatic heterocycles. The summed E-state index contributed by atoms with van der Waals surface area (Å²) in [7, 11) is 1.64. The van der Waals surface area contributed by atoms with Crippen LogP contribution in [0.4, 0.5) is 0 Å². The average molecular weight is 619 g/mol. The number of rotatable bonds is 38. The number of carboxylic acids is 1. The van der Waals surface area contributed by atoms with Crippen molar-refractivity contribution < 1.29 is 71.5 Å². The molecule has 0 unspecified atom stereocenters. The molecule has 15 nitrogen and oxygen atoms in total. The molecular weight excluding hydrogens is 564 g/mol. The van der Waals surface area contributed by atoms with Gasteiger partial charge in [-0.2, -0.15) is 0 Å². The van der Waals surface area contributed by atoms with Gasteiger partial charge in [-0.25, -0.2) is 4.79 Å². The first-order valence-electron chi connectivity index (χ1n) is 14.4. The van der Waals surface area contributed by atoms with Crippen molar-refractivity contribution in [2.45, 2.75) is 0 Å². The second-order valence-electron chi connectivity index (χ2n) is 8.18. The first-order chi connectivity index (χ1) is 20.8. The molecule has 0 atom stereocenters. The van der Waals surface area contributed by atoms with Crippen LogP contribution >= 0.6 is 0 Å². The number of ether oxygens (including phenoxy) is 13. The summed E-state index contributed by atoms with van der Waals surface area (Å²) < 4.78 is 69.1. The molecule has 0 radical (unpaired) electrons. The van der Waals surface area contributed by atoms with Gasteiger partial charge >= 0.3 is 5.97 Å². The highest BCUT2D eigenvalue weighted by Gasteiger charge is 1.98. The third kappa shape index (κ3) is 39.0. The maximum absolute atomic E-state index is 10.3. The SMILES string of the molecule is COCCOCCOCCOCCOCCOCCOCCOCCOCCOCCOCCOCCOCC(=O)O. The third-order valence-electron chi connectivity index (χ3n) is 4.75. The van der Waals surface area contributed by atoms with E-state index in [0.29, 0.717) is 152 Å². The summed E-state index contributed by atoms with van der Waals surface area (Å²) in [6, 6.07) is 0. The van der Waals surface area contributed by atoms with E-state index >= 15 is 0 Å². The van der Waals surface area contributed by atoms with Crippen LogP contribution in [0.2, 0.25) is 0 Å². The zero-order chi connectivity index (χ0) is 30.4. The van der Waals surface area contributed by atoms with E-state index < -0.39 is 5.97 Å². The number of carboxylic acid groups (broad SMARTS) is 1. The molecule has 0 rings (SSSR count). The number of hydrogen-bond acceptors (Lipinski definition) is 14. The molecule has 0 amide bonds. The van der Waals surface area contributed by atoms with E-state index in [1.807, 2.05) is 0 Å². The zero-order valence-electron chi connectivity index (χ0n) is 25.3. The molecule has 0 heterocycles. The molecule has 42 heavy (non-hydrogen) atoms. The Kier molecular flexibility index (Phi) is 37.0. The Morgan fingerprint density at radius 2 is 0.500 bits per heavy atom. The largest absolute Gasteiger partial charge is 0.480 e. The van der Waals surface area contributed by atoms with E-state index in [1.54, 1.807) is 7.11 Å². The maximum atomic E-state index is 10.3. The van der Waals surface area contributed by atoms with Crippen molar-refractivity contribution in [2.24, 2.45) is 0 Å². The van der Waals surface area contributed by atoms with E-state index in [1.165, 1.54) is 0 Å². The molecule has 0 spiro atoms. The number of methoxy groups -OCH3 is 1. The quantitative estimate of drug-likeness (QED) is 0.0916. The molecule has 0 saturated carbocycles. The molecule has 0 aromatic heterocycles. The number of hydrogen-bond donors (Lipinski definition) is 1. The highest BCUT2D eigenvalue weighted by Crippen LogP contribution is 1.87. The second-order valence-corrected chi connectivity index (χ2v) is 8.18. The van der Waals surface area contributed by atoms with Crippen LogP contribution in [0.1, 0.15) is 0 Å². The minimum Gasteiger partial charge on any atom is -0.480 e. The minimum absolute atomic E-state index is 0.241. The Morgan fingerprint density at radius 3 is 0.667 bits per heavy atom. The van der Waals surface area contributed by atoms with Crippen LogP contribution in [-0.4, -0.2) is 183 Å². The Balaban J connectivity index is 3.03. The van der Waals surface area contributed by atoms with Crippen LogP contribution < -0.4 is 0 Å². The summed E-state index contributed by atoms with van der Waals surface area (Å²) in [6.45, 7) is 11.3. The van der Waals surface area contributed by atoms with E-state index in [2.05, 4.69) is 0 Å². The lowest BCUT2D eigenvalue weighted by atomic mass is 10.6. The molecule has 0 aromatic rings. The zero-order valence-corrected chi connectivity index (χ0v) is 25.3. The predicted octanol–water partition coefficient (Wildman–Crippen LogP) is -0.0834. The minimum atomic E-state index is -0.996. The van der Waals surface area contributed by atoms with Gasteiger partial charge in [0.25, 0.3) is 0 Å². The van der Waals surface area contributed by atoms with Crippen LogP contribution in [-0.2, 0) is 66.4 Å². The topological polar surface area (TPSA) is 157 Å². The van der Waals surface area contributed by atoms with Gasteiger partial charge < -0.3 is 66.7 Å². The number of carbonyl (C=O) groups is 1. The normalized spacial score (nSPS) is 11.5. The first-order valence-corrected chi connectivity index (χ1v) is 14.4. The van der Waals surface area contributed by atoms with Gasteiger partial charge in [-0.3, -0.25) is 0 Å². The highest BCUT2D eigenvalue weighted by molar-refractivity contribution is 5.67. The van der Waals surface area contributed by atoms with Gasteiger partial charge in [0, 0.05) is 7.11 Å². The lowest BCUT2D eigenvalue weighted by Gasteiger charge is -2.09. The van der Waals surface area contributed by atoms with Gasteiger partial charge in [-0.05, 0) is 0 Å². The molecule has 0 saturated heterocycles. The maximum Gasteiger partial charge on any atom is 0.329 e. The molecule has 15 heteroatoms. The second kappa shape index (κ2) is 38.0. The lowest BCUT2D eigenvalue weighted by Crippen LogP contribution is -2.15. The van der Waals surface area contributed by atoms with Gasteiger partial charge in [0.15, 0.2) is 0 Å². The van der Waals surface area contributed by atoms with E-state index in [-0.39, 0.29) is 13.2 Å². The molecule has 0 aliphatic rings. The first kappa shape index (κ1) is 41.0. The summed E-state index contributed by atoms with van der Waals surface area (Å²) in [5, 5.41) is 8.41. The Hall–Kier alpha value is -1.05. The predicted molar refractivity (Wildman–Crippen MR) is 149 cm³/mol. The van der Waals surface area contributed by atoms with Gasteiger partial charge in [0.1, 0.15) is 6.61 Å². The monoisotopic (exact) mass is 618 g/mol. The molecule has 0 aromatic carbocycles. The summed E-state index contributed by atoms with van der Waals surface area (Å²) in [6.07, 6.45) is 0. The molecule has 0 aliphatic carbocycles. The van der Waals surface area contributed by atoms with E-state index in [4.69, 9.17) is 66.7 Å². The summed E-state index contributed by atoms with van der Waals surface area (Å²) in [5.41, 5.74) is 0. The van der Waals surface area contributed by atoms with Crippen LogP contribution in [0, 0.1) is 0 Å². The van der Waals surface area contributed by atoms with Gasteiger partial charge in [-0.15, -0.1) is 0 Å². The van der Waals surface area contributed by atoms with Crippen molar-refractivity contribution in [1.29, 1.82) is 0 Å². The molecule has 252 valence electrons. The van der Waals surface area contributed by atoms with Crippen molar-refractivity contribution in [3.05, 3.63) is 0 Å². The third-order valence-corrected chi connectivity index (χ3v) is 4.75. The van der Waals surface area contributed by atoms with Gasteiger partial charge in [-0.1, -0.05) is 0 Å². The van der Waals surface area contributed by atoms with Crippen molar-refractivity contribution >= 4 is 5.97 Å². The molecule has 0 bridgehead atoms. The van der Waals surface area contributed by atoms with Crippen LogP contribution in [0.3, 0.4) is 0 Å². The smallest absolute Gasteiger partial charge is 0.329 e. The Morgan fingerprint density at radius 1 is 0.333 bits per heavy atom. The van der Waals surface area contributed by atoms with Crippen LogP contribution in [0.5, 0.6) is 0 Å². The molecular formula is C27H54O15. The van der Waals surface area contributed by atoms with Crippen molar-refractivity contribution in [3.8, 4) is 0 Å². The van der Waals surface area contributed by atoms with Gasteiger partial charge in [0.2, 0.25) is 0 Å². The lowest BCUT2D eigenvalue weighted by molar-refractivity contribution is -0.142. The van der Waals surface area contributed by atoms with Crippen LogP contribution in [0.15, 0.2) is 0 Å². The summed E-state index contributed by atoms with van der Waals surface area (Å²) >= 11 is 0. The fourth-order valence-corrected chi connectivity index (χ4v) is 2.72. The Labute approximate surface area is 250 Å². The molecule has 1 N–H and O–H groups in total. The molecule has 0 fully saturated rings. The van der Waals surface area contributed by atoms with Crippen molar-refractivity contribution in [1.82, 2.24) is 0 Å². The highest BCUT2D eigenvalue weighted by atomic mass is 16.6. The van der Waals surface area contributed by atoms with E-state index in [0.717, 1.165) is 0 Å². The fourth-order valence-electron chi connectivity index (χ4n) is 2.72. The average Bonchev–Trinajstić information content (AvgIpc) is 2.98. The fraction of sp³-hybridized carbons (Fsp3) is 0.963. The Bertz CT molecular complexity index is 516. The van der Waals surface area contributed by atoms with Crippen molar-refractivity contribution in [3.63, 3.8) is 0 Å². The standard InChI is InChI=1S/C27H54O15/c1-30-2-3-31-4-5-32-6-7-33-8-9-34-10-11-35-12-13-36-14-15-37-16-17-38-18-19-39-20-21-40-22-23-41-24-25-42-26-27(28)29/h2-26H2,1H3,(H,28,29). The van der Waals surface area contributed by atoms with Gasteiger partial charge in [0.05, 0.1) is 159 Å². The van der Waals surface area contributed by atoms with E-state index in [9.17, 15) is 4.79 Å². The number of aliphatic carboxylic acids is 1. The van der Waals surface area contributed by atoms with Crippen LogP contribution in [0.25, 0.3) is 0 Å². The van der Waals surface area contributed by atoms with Crippen molar-refractivity contribution in [2.75, 3.05) is 172 Å². The summed E-state index contributed by atoms with van der Waals surface area (Å²) in [5.74, 6) is -0.996. The summed E-state index contributed by atoms with van der Waals surface area (Å²) in [4.78, 5) is 10.3.